The van der Waals surface area contributed by atoms with Gasteiger partial charge in [0.25, 0.3) is 0 Å². The van der Waals surface area contributed by atoms with Gasteiger partial charge in [0.1, 0.15) is 0 Å². The van der Waals surface area contributed by atoms with Gasteiger partial charge in [-0.3, -0.25) is 4.79 Å². The van der Waals surface area contributed by atoms with Crippen LogP contribution in [0.4, 0.5) is 0 Å². The Kier molecular flexibility index (Phi) is 5.74. The Morgan fingerprint density at radius 1 is 1.14 bits per heavy atom. The molecule has 0 spiro atoms. The van der Waals surface area contributed by atoms with Crippen molar-refractivity contribution in [2.75, 3.05) is 6.61 Å². The van der Waals surface area contributed by atoms with Crippen molar-refractivity contribution in [1.29, 1.82) is 0 Å². The summed E-state index contributed by atoms with van der Waals surface area (Å²) in [7, 11) is 0. The first-order valence-electron chi connectivity index (χ1n) is 6.28. The number of carbonyl (C=O) groups is 2. The Bertz CT molecular complexity index is 696. The van der Waals surface area contributed by atoms with E-state index in [2.05, 4.69) is 45.2 Å². The fraction of sp³-hybridized carbons (Fsp3) is 0.125. The molecular formula is C16H12I2O3. The van der Waals surface area contributed by atoms with Crippen LogP contribution in [-0.4, -0.2) is 18.9 Å². The van der Waals surface area contributed by atoms with Crippen molar-refractivity contribution in [3.05, 3.63) is 54.7 Å². The minimum Gasteiger partial charge on any atom is -0.462 e. The summed E-state index contributed by atoms with van der Waals surface area (Å²) in [5, 5.41) is 0. The molecule has 0 aromatic heterocycles. The fourth-order valence-electron chi connectivity index (χ4n) is 1.88. The SMILES string of the molecule is CCOC(=O)c1ccc(I)c(-c2ccc(C=O)c(I)c2)c1. The van der Waals surface area contributed by atoms with Gasteiger partial charge in [0.15, 0.2) is 6.29 Å². The van der Waals surface area contributed by atoms with Crippen molar-refractivity contribution in [2.24, 2.45) is 0 Å². The lowest BCUT2D eigenvalue weighted by Crippen LogP contribution is -2.05. The van der Waals surface area contributed by atoms with Gasteiger partial charge in [-0.2, -0.15) is 0 Å². The van der Waals surface area contributed by atoms with Crippen LogP contribution >= 0.6 is 45.2 Å². The van der Waals surface area contributed by atoms with E-state index >= 15 is 0 Å². The molecule has 0 fully saturated rings. The summed E-state index contributed by atoms with van der Waals surface area (Å²) >= 11 is 4.37. The molecule has 0 radical (unpaired) electrons. The van der Waals surface area contributed by atoms with E-state index < -0.39 is 0 Å². The van der Waals surface area contributed by atoms with Crippen LogP contribution < -0.4 is 0 Å². The number of rotatable bonds is 4. The highest BCUT2D eigenvalue weighted by Gasteiger charge is 2.11. The van der Waals surface area contributed by atoms with Gasteiger partial charge in [0.05, 0.1) is 12.2 Å². The summed E-state index contributed by atoms with van der Waals surface area (Å²) in [5.41, 5.74) is 3.12. The maximum absolute atomic E-state index is 11.8. The minimum absolute atomic E-state index is 0.325. The zero-order valence-electron chi connectivity index (χ0n) is 11.2. The second kappa shape index (κ2) is 7.35. The van der Waals surface area contributed by atoms with Gasteiger partial charge in [0, 0.05) is 12.7 Å². The van der Waals surface area contributed by atoms with Crippen molar-refractivity contribution in [1.82, 2.24) is 0 Å². The third-order valence-electron chi connectivity index (χ3n) is 2.92. The van der Waals surface area contributed by atoms with E-state index in [0.29, 0.717) is 17.7 Å². The smallest absolute Gasteiger partial charge is 0.338 e. The zero-order chi connectivity index (χ0) is 15.4. The van der Waals surface area contributed by atoms with Gasteiger partial charge in [-0.1, -0.05) is 12.1 Å². The fourth-order valence-corrected chi connectivity index (χ4v) is 3.17. The Balaban J connectivity index is 2.47. The number of esters is 1. The Morgan fingerprint density at radius 3 is 2.52 bits per heavy atom. The van der Waals surface area contributed by atoms with Gasteiger partial charge >= 0.3 is 5.97 Å². The lowest BCUT2D eigenvalue weighted by molar-refractivity contribution is 0.0526. The van der Waals surface area contributed by atoms with Crippen LogP contribution in [0.5, 0.6) is 0 Å². The highest BCUT2D eigenvalue weighted by molar-refractivity contribution is 14.1. The highest BCUT2D eigenvalue weighted by Crippen LogP contribution is 2.28. The lowest BCUT2D eigenvalue weighted by atomic mass is 10.0. The third kappa shape index (κ3) is 3.82. The maximum atomic E-state index is 11.8. The van der Waals surface area contributed by atoms with Gasteiger partial charge in [-0.15, -0.1) is 0 Å². The van der Waals surface area contributed by atoms with E-state index in [4.69, 9.17) is 4.74 Å². The largest absolute Gasteiger partial charge is 0.462 e. The molecule has 0 atom stereocenters. The number of benzene rings is 2. The number of halogens is 2. The third-order valence-corrected chi connectivity index (χ3v) is 4.79. The average Bonchev–Trinajstić information content (AvgIpc) is 2.48. The molecule has 3 nitrogen and oxygen atoms in total. The van der Waals surface area contributed by atoms with Crippen molar-refractivity contribution < 1.29 is 14.3 Å². The summed E-state index contributed by atoms with van der Waals surface area (Å²) in [4.78, 5) is 22.7. The quantitative estimate of drug-likeness (QED) is 0.348. The molecule has 0 bridgehead atoms. The lowest BCUT2D eigenvalue weighted by Gasteiger charge is -2.09. The molecule has 0 saturated carbocycles. The van der Waals surface area contributed by atoms with E-state index in [-0.39, 0.29) is 5.97 Å². The van der Waals surface area contributed by atoms with Crippen LogP contribution in [0.1, 0.15) is 27.6 Å². The summed E-state index contributed by atoms with van der Waals surface area (Å²) in [6, 6.07) is 11.1. The van der Waals surface area contributed by atoms with Crippen LogP contribution in [0, 0.1) is 7.14 Å². The van der Waals surface area contributed by atoms with Crippen molar-refractivity contribution in [2.45, 2.75) is 6.92 Å². The molecule has 2 aromatic rings. The molecule has 0 aliphatic rings. The average molecular weight is 506 g/mol. The van der Waals surface area contributed by atoms with E-state index in [0.717, 1.165) is 24.6 Å². The number of aldehydes is 1. The molecule has 0 unspecified atom stereocenters. The van der Waals surface area contributed by atoms with Crippen molar-refractivity contribution in [3.63, 3.8) is 0 Å². The topological polar surface area (TPSA) is 43.4 Å². The molecular weight excluding hydrogens is 494 g/mol. The van der Waals surface area contributed by atoms with Gasteiger partial charge < -0.3 is 4.74 Å². The summed E-state index contributed by atoms with van der Waals surface area (Å²) in [5.74, 6) is -0.325. The summed E-state index contributed by atoms with van der Waals surface area (Å²) in [6.07, 6.45) is 0.839. The molecule has 0 aliphatic heterocycles. The summed E-state index contributed by atoms with van der Waals surface area (Å²) < 4.78 is 6.95. The number of hydrogen-bond acceptors (Lipinski definition) is 3. The van der Waals surface area contributed by atoms with Gasteiger partial charge in [-0.05, 0) is 87.5 Å². The highest BCUT2D eigenvalue weighted by atomic mass is 127. The first-order chi connectivity index (χ1) is 10.1. The first kappa shape index (κ1) is 16.4. The van der Waals surface area contributed by atoms with Crippen LogP contribution in [0.15, 0.2) is 36.4 Å². The van der Waals surface area contributed by atoms with Crippen LogP contribution in [-0.2, 0) is 4.74 Å². The van der Waals surface area contributed by atoms with Crippen LogP contribution in [0.25, 0.3) is 11.1 Å². The minimum atomic E-state index is -0.325. The zero-order valence-corrected chi connectivity index (χ0v) is 15.5. The molecule has 0 N–H and O–H groups in total. The standard InChI is InChI=1S/C16H12I2O3/c1-2-21-16(20)11-5-6-14(17)13(7-11)10-3-4-12(9-19)15(18)8-10/h3-9H,2H2,1H3. The number of hydrogen-bond donors (Lipinski definition) is 0. The second-order valence-corrected chi connectivity index (χ2v) is 6.59. The number of ether oxygens (including phenoxy) is 1. The predicted molar refractivity (Wildman–Crippen MR) is 98.7 cm³/mol. The van der Waals surface area contributed by atoms with Gasteiger partial charge in [0.2, 0.25) is 0 Å². The molecule has 0 heterocycles. The molecule has 5 heteroatoms. The molecule has 0 saturated heterocycles. The molecule has 2 rings (SSSR count). The Morgan fingerprint density at radius 2 is 1.90 bits per heavy atom. The molecule has 21 heavy (non-hydrogen) atoms. The molecule has 108 valence electrons. The first-order valence-corrected chi connectivity index (χ1v) is 8.44. The Labute approximate surface area is 150 Å². The van der Waals surface area contributed by atoms with Crippen LogP contribution in [0.2, 0.25) is 0 Å². The van der Waals surface area contributed by atoms with Gasteiger partial charge in [-0.25, -0.2) is 4.79 Å². The second-order valence-electron chi connectivity index (χ2n) is 4.27. The number of carbonyl (C=O) groups excluding carboxylic acids is 2. The van der Waals surface area contributed by atoms with Crippen molar-refractivity contribution >= 4 is 57.4 Å². The normalized spacial score (nSPS) is 10.2. The van der Waals surface area contributed by atoms with E-state index in [1.807, 2.05) is 24.3 Å². The monoisotopic (exact) mass is 506 g/mol. The predicted octanol–water partition coefficient (Wildman–Crippen LogP) is 4.55. The summed E-state index contributed by atoms with van der Waals surface area (Å²) in [6.45, 7) is 2.14. The maximum Gasteiger partial charge on any atom is 0.338 e. The van der Waals surface area contributed by atoms with E-state index in [9.17, 15) is 9.59 Å². The van der Waals surface area contributed by atoms with Crippen molar-refractivity contribution in [3.8, 4) is 11.1 Å². The Hall–Kier alpha value is -0.960. The molecule has 0 amide bonds. The molecule has 2 aromatic carbocycles. The molecule has 0 aliphatic carbocycles. The van der Waals surface area contributed by atoms with E-state index in [1.54, 1.807) is 19.1 Å². The van der Waals surface area contributed by atoms with E-state index in [1.165, 1.54) is 0 Å². The van der Waals surface area contributed by atoms with Crippen LogP contribution in [0.3, 0.4) is 0 Å².